The summed E-state index contributed by atoms with van der Waals surface area (Å²) in [5.74, 6) is 0.714. The number of furan rings is 1. The van der Waals surface area contributed by atoms with Gasteiger partial charge in [0, 0.05) is 0 Å². The lowest BCUT2D eigenvalue weighted by atomic mass is 10.0. The fraction of sp³-hybridized carbons (Fsp3) is 0.182. The van der Waals surface area contributed by atoms with Crippen LogP contribution in [0.2, 0.25) is 0 Å². The molecule has 7 heteroatoms. The van der Waals surface area contributed by atoms with Crippen molar-refractivity contribution < 1.29 is 18.7 Å². The molecule has 3 amide bonds. The Labute approximate surface area is 169 Å². The lowest BCUT2D eigenvalue weighted by molar-refractivity contribution is 0.0904. The van der Waals surface area contributed by atoms with Crippen molar-refractivity contribution in [2.24, 2.45) is 0 Å². The molecule has 150 valence electrons. The fourth-order valence-electron chi connectivity index (χ4n) is 2.81. The summed E-state index contributed by atoms with van der Waals surface area (Å²) in [6.07, 6.45) is 0. The Bertz CT molecular complexity index is 969. The number of carbonyl (C=O) groups is 2. The first-order chi connectivity index (χ1) is 14.0. The summed E-state index contributed by atoms with van der Waals surface area (Å²) in [6.45, 7) is 4.04. The van der Waals surface area contributed by atoms with E-state index in [2.05, 4.69) is 16.2 Å². The van der Waals surface area contributed by atoms with Crippen molar-refractivity contribution in [3.63, 3.8) is 0 Å². The Hall–Kier alpha value is -3.74. The van der Waals surface area contributed by atoms with Crippen LogP contribution >= 0.6 is 0 Å². The monoisotopic (exact) mass is 393 g/mol. The average Bonchev–Trinajstić information content (AvgIpc) is 3.21. The lowest BCUT2D eigenvalue weighted by Gasteiger charge is -2.17. The van der Waals surface area contributed by atoms with E-state index in [1.165, 1.54) is 6.07 Å². The topological polar surface area (TPSA) is 92.6 Å². The van der Waals surface area contributed by atoms with Gasteiger partial charge in [0.25, 0.3) is 0 Å². The van der Waals surface area contributed by atoms with Gasteiger partial charge in [0.15, 0.2) is 5.76 Å². The molecule has 1 heterocycles. The maximum Gasteiger partial charge on any atom is 0.333 e. The second-order valence-electron chi connectivity index (χ2n) is 6.50. The van der Waals surface area contributed by atoms with E-state index in [-0.39, 0.29) is 18.4 Å². The fourth-order valence-corrected chi connectivity index (χ4v) is 2.81. The molecule has 0 aliphatic heterocycles. The predicted molar refractivity (Wildman–Crippen MR) is 108 cm³/mol. The van der Waals surface area contributed by atoms with Gasteiger partial charge in [-0.25, -0.2) is 10.2 Å². The summed E-state index contributed by atoms with van der Waals surface area (Å²) in [5, 5.41) is 2.77. The summed E-state index contributed by atoms with van der Waals surface area (Å²) in [5.41, 5.74) is 6.73. The zero-order valence-corrected chi connectivity index (χ0v) is 16.3. The first-order valence-electron chi connectivity index (χ1n) is 9.22. The third kappa shape index (κ3) is 5.62. The Morgan fingerprint density at radius 1 is 0.966 bits per heavy atom. The van der Waals surface area contributed by atoms with Crippen LogP contribution in [0.4, 0.5) is 4.79 Å². The van der Waals surface area contributed by atoms with Gasteiger partial charge in [-0.15, -0.1) is 0 Å². The zero-order chi connectivity index (χ0) is 20.6. The van der Waals surface area contributed by atoms with E-state index >= 15 is 0 Å². The van der Waals surface area contributed by atoms with Crippen LogP contribution in [0.3, 0.4) is 0 Å². The molecule has 29 heavy (non-hydrogen) atoms. The predicted octanol–water partition coefficient (Wildman–Crippen LogP) is 3.87. The van der Waals surface area contributed by atoms with Crippen molar-refractivity contribution in [2.75, 3.05) is 0 Å². The van der Waals surface area contributed by atoms with Crippen LogP contribution in [0, 0.1) is 6.92 Å². The zero-order valence-electron chi connectivity index (χ0n) is 16.3. The Morgan fingerprint density at radius 3 is 2.45 bits per heavy atom. The SMILES string of the molecule is Cc1ccccc1C(C)NC(=O)NNC(=O)c1ccc(COc2ccccc2)o1. The van der Waals surface area contributed by atoms with Gasteiger partial charge in [-0.2, -0.15) is 0 Å². The number of amides is 3. The average molecular weight is 393 g/mol. The molecular formula is C22H23N3O4. The minimum atomic E-state index is -0.561. The summed E-state index contributed by atoms with van der Waals surface area (Å²) < 4.78 is 11.0. The molecule has 0 saturated heterocycles. The first-order valence-corrected chi connectivity index (χ1v) is 9.22. The molecular weight excluding hydrogens is 370 g/mol. The quantitative estimate of drug-likeness (QED) is 0.554. The number of urea groups is 1. The minimum absolute atomic E-state index is 0.0731. The number of para-hydroxylation sites is 1. The van der Waals surface area contributed by atoms with Gasteiger partial charge in [-0.3, -0.25) is 10.2 Å². The maximum absolute atomic E-state index is 12.2. The minimum Gasteiger partial charge on any atom is -0.486 e. The van der Waals surface area contributed by atoms with E-state index in [0.29, 0.717) is 11.5 Å². The molecule has 0 bridgehead atoms. The molecule has 0 fully saturated rings. The molecule has 1 unspecified atom stereocenters. The van der Waals surface area contributed by atoms with Crippen molar-refractivity contribution in [2.45, 2.75) is 26.5 Å². The van der Waals surface area contributed by atoms with Crippen LogP contribution in [0.15, 0.2) is 71.1 Å². The van der Waals surface area contributed by atoms with Crippen LogP contribution in [0.5, 0.6) is 5.75 Å². The number of hydrogen-bond donors (Lipinski definition) is 3. The molecule has 0 saturated carbocycles. The van der Waals surface area contributed by atoms with Crippen molar-refractivity contribution >= 4 is 11.9 Å². The van der Waals surface area contributed by atoms with Gasteiger partial charge in [-0.05, 0) is 49.2 Å². The Balaban J connectivity index is 1.46. The van der Waals surface area contributed by atoms with Crippen LogP contribution in [0.25, 0.3) is 0 Å². The van der Waals surface area contributed by atoms with Crippen LogP contribution in [-0.4, -0.2) is 11.9 Å². The molecule has 2 aromatic carbocycles. The lowest BCUT2D eigenvalue weighted by Crippen LogP contribution is -2.47. The summed E-state index contributed by atoms with van der Waals surface area (Å²) >= 11 is 0. The number of rotatable bonds is 6. The van der Waals surface area contributed by atoms with Gasteiger partial charge in [0.2, 0.25) is 0 Å². The second-order valence-corrected chi connectivity index (χ2v) is 6.50. The van der Waals surface area contributed by atoms with E-state index in [1.807, 2.05) is 68.4 Å². The van der Waals surface area contributed by atoms with Crippen LogP contribution < -0.4 is 20.9 Å². The van der Waals surface area contributed by atoms with Crippen LogP contribution in [0.1, 0.15) is 40.4 Å². The third-order valence-corrected chi connectivity index (χ3v) is 4.30. The number of nitrogens with one attached hydrogen (secondary N) is 3. The highest BCUT2D eigenvalue weighted by Gasteiger charge is 2.14. The number of benzene rings is 2. The van der Waals surface area contributed by atoms with Crippen molar-refractivity contribution in [1.29, 1.82) is 0 Å². The number of aryl methyl sites for hydroxylation is 1. The molecule has 0 aliphatic rings. The number of carbonyl (C=O) groups excluding carboxylic acids is 2. The van der Waals surface area contributed by atoms with Crippen molar-refractivity contribution in [3.05, 3.63) is 89.4 Å². The Kier molecular flexibility index (Phi) is 6.52. The van der Waals surface area contributed by atoms with E-state index < -0.39 is 11.9 Å². The summed E-state index contributed by atoms with van der Waals surface area (Å²) in [6, 6.07) is 19.5. The van der Waals surface area contributed by atoms with Gasteiger partial charge < -0.3 is 14.5 Å². The number of hydrazine groups is 1. The van der Waals surface area contributed by atoms with Crippen LogP contribution in [-0.2, 0) is 6.61 Å². The molecule has 0 radical (unpaired) electrons. The highest BCUT2D eigenvalue weighted by atomic mass is 16.5. The molecule has 3 aromatic rings. The van der Waals surface area contributed by atoms with E-state index in [0.717, 1.165) is 11.1 Å². The second kappa shape index (κ2) is 9.45. The molecule has 1 atom stereocenters. The summed E-state index contributed by atoms with van der Waals surface area (Å²) in [7, 11) is 0. The number of hydrogen-bond acceptors (Lipinski definition) is 4. The number of ether oxygens (including phenoxy) is 1. The van der Waals surface area contributed by atoms with E-state index in [4.69, 9.17) is 9.15 Å². The Morgan fingerprint density at radius 2 is 1.69 bits per heavy atom. The van der Waals surface area contributed by atoms with Crippen molar-refractivity contribution in [1.82, 2.24) is 16.2 Å². The molecule has 3 rings (SSSR count). The smallest absolute Gasteiger partial charge is 0.333 e. The normalized spacial score (nSPS) is 11.4. The molecule has 0 aliphatic carbocycles. The van der Waals surface area contributed by atoms with Gasteiger partial charge in [-0.1, -0.05) is 42.5 Å². The largest absolute Gasteiger partial charge is 0.486 e. The van der Waals surface area contributed by atoms with Gasteiger partial charge in [0.1, 0.15) is 18.1 Å². The first kappa shape index (κ1) is 20.0. The standard InChI is InChI=1S/C22H23N3O4/c1-15-8-6-7-11-19(15)16(2)23-22(27)25-24-21(26)20-13-12-18(29-20)14-28-17-9-4-3-5-10-17/h3-13,16H,14H2,1-2H3,(H,24,26)(H2,23,25,27). The third-order valence-electron chi connectivity index (χ3n) is 4.30. The summed E-state index contributed by atoms with van der Waals surface area (Å²) in [4.78, 5) is 24.2. The highest BCUT2D eigenvalue weighted by molar-refractivity contribution is 5.92. The van der Waals surface area contributed by atoms with Gasteiger partial charge in [0.05, 0.1) is 6.04 Å². The highest BCUT2D eigenvalue weighted by Crippen LogP contribution is 2.16. The molecule has 3 N–H and O–H groups in total. The molecule has 7 nitrogen and oxygen atoms in total. The van der Waals surface area contributed by atoms with Crippen molar-refractivity contribution in [3.8, 4) is 5.75 Å². The van der Waals surface area contributed by atoms with E-state index in [1.54, 1.807) is 6.07 Å². The van der Waals surface area contributed by atoms with Gasteiger partial charge >= 0.3 is 11.9 Å². The maximum atomic E-state index is 12.2. The van der Waals surface area contributed by atoms with E-state index in [9.17, 15) is 9.59 Å². The molecule has 1 aromatic heterocycles. The molecule has 0 spiro atoms.